The first-order valence-corrected chi connectivity index (χ1v) is 7.85. The number of H-pyrrole nitrogens is 1. The molecule has 100 valence electrons. The molecule has 0 spiro atoms. The highest BCUT2D eigenvalue weighted by atomic mass is 32.2. The lowest BCUT2D eigenvalue weighted by Crippen LogP contribution is -2.00. The Kier molecular flexibility index (Phi) is 2.74. The van der Waals surface area contributed by atoms with Crippen molar-refractivity contribution in [2.45, 2.75) is 17.6 Å². The van der Waals surface area contributed by atoms with Gasteiger partial charge >= 0.3 is 0 Å². The minimum absolute atomic E-state index is 0.694. The summed E-state index contributed by atoms with van der Waals surface area (Å²) in [5.74, 6) is 1.99. The lowest BCUT2D eigenvalue weighted by Gasteiger charge is -2.19. The molecule has 0 atom stereocenters. The summed E-state index contributed by atoms with van der Waals surface area (Å²) in [6, 6.07) is 14.8. The normalized spacial score (nSPS) is 13.1. The van der Waals surface area contributed by atoms with Crippen molar-refractivity contribution >= 4 is 22.7 Å². The molecule has 1 N–H and O–H groups in total. The Morgan fingerprint density at radius 3 is 2.95 bits per heavy atom. The number of para-hydroxylation sites is 1. The molecule has 20 heavy (non-hydrogen) atoms. The molecule has 2 nitrogen and oxygen atoms in total. The van der Waals surface area contributed by atoms with Gasteiger partial charge in [-0.05, 0) is 24.6 Å². The van der Waals surface area contributed by atoms with E-state index in [0.29, 0.717) is 6.61 Å². The fourth-order valence-electron chi connectivity index (χ4n) is 2.85. The zero-order valence-electron chi connectivity index (χ0n) is 11.3. The molecule has 0 unspecified atom stereocenters. The van der Waals surface area contributed by atoms with Gasteiger partial charge < -0.3 is 9.72 Å². The van der Waals surface area contributed by atoms with Gasteiger partial charge in [0, 0.05) is 27.1 Å². The number of rotatable bonds is 2. The van der Waals surface area contributed by atoms with Crippen LogP contribution in [0.1, 0.15) is 12.5 Å². The van der Waals surface area contributed by atoms with Crippen molar-refractivity contribution in [3.05, 3.63) is 48.0 Å². The standard InChI is InChI=1S/C17H15NOS/c1-2-19-14-9-5-6-11-10-20-17-12-7-3-4-8-13(12)18-16(17)15(11)14/h3-9,18H,2,10H2,1H3. The van der Waals surface area contributed by atoms with Crippen LogP contribution in [-0.4, -0.2) is 11.6 Å². The molecule has 2 heterocycles. The van der Waals surface area contributed by atoms with E-state index in [9.17, 15) is 0 Å². The number of hydrogen-bond donors (Lipinski definition) is 1. The SMILES string of the molecule is CCOc1cccc2c1-c1[nH]c3ccccc3c1SC2. The van der Waals surface area contributed by atoms with Crippen molar-refractivity contribution in [1.29, 1.82) is 0 Å². The van der Waals surface area contributed by atoms with Crippen LogP contribution in [0.2, 0.25) is 0 Å². The van der Waals surface area contributed by atoms with Crippen LogP contribution in [0, 0.1) is 0 Å². The fraction of sp³-hybridized carbons (Fsp3) is 0.176. The summed E-state index contributed by atoms with van der Waals surface area (Å²) in [7, 11) is 0. The quantitative estimate of drug-likeness (QED) is 0.727. The maximum Gasteiger partial charge on any atom is 0.128 e. The highest BCUT2D eigenvalue weighted by Crippen LogP contribution is 2.48. The van der Waals surface area contributed by atoms with Crippen molar-refractivity contribution in [2.75, 3.05) is 6.61 Å². The maximum atomic E-state index is 5.83. The Balaban J connectivity index is 2.02. The first-order chi connectivity index (χ1) is 9.88. The Labute approximate surface area is 122 Å². The molecular weight excluding hydrogens is 266 g/mol. The molecule has 1 aliphatic heterocycles. The number of thioether (sulfide) groups is 1. The van der Waals surface area contributed by atoms with Crippen LogP contribution < -0.4 is 4.74 Å². The number of aromatic amines is 1. The van der Waals surface area contributed by atoms with Crippen LogP contribution in [0.3, 0.4) is 0 Å². The average Bonchev–Trinajstić information content (AvgIpc) is 2.86. The maximum absolute atomic E-state index is 5.83. The van der Waals surface area contributed by atoms with E-state index in [1.54, 1.807) is 0 Å². The number of benzene rings is 2. The second-order valence-corrected chi connectivity index (χ2v) is 5.87. The van der Waals surface area contributed by atoms with Gasteiger partial charge in [0.15, 0.2) is 0 Å². The number of ether oxygens (including phenoxy) is 1. The van der Waals surface area contributed by atoms with Crippen molar-refractivity contribution in [1.82, 2.24) is 4.98 Å². The van der Waals surface area contributed by atoms with Crippen molar-refractivity contribution in [2.24, 2.45) is 0 Å². The Hall–Kier alpha value is -1.87. The van der Waals surface area contributed by atoms with Gasteiger partial charge in [-0.25, -0.2) is 0 Å². The first-order valence-electron chi connectivity index (χ1n) is 6.87. The number of hydrogen-bond acceptors (Lipinski definition) is 2. The lowest BCUT2D eigenvalue weighted by atomic mass is 10.0. The Bertz CT molecular complexity index is 791. The minimum Gasteiger partial charge on any atom is -0.493 e. The lowest BCUT2D eigenvalue weighted by molar-refractivity contribution is 0.341. The second-order valence-electron chi connectivity index (χ2n) is 4.89. The van der Waals surface area contributed by atoms with Gasteiger partial charge in [-0.2, -0.15) is 0 Å². The molecule has 1 aliphatic rings. The molecule has 3 aromatic rings. The largest absolute Gasteiger partial charge is 0.493 e. The molecule has 0 fully saturated rings. The van der Waals surface area contributed by atoms with Crippen molar-refractivity contribution in [3.8, 4) is 17.0 Å². The van der Waals surface area contributed by atoms with Gasteiger partial charge in [0.2, 0.25) is 0 Å². The predicted octanol–water partition coefficient (Wildman–Crippen LogP) is 4.84. The van der Waals surface area contributed by atoms with Gasteiger partial charge in [-0.15, -0.1) is 11.8 Å². The van der Waals surface area contributed by atoms with Gasteiger partial charge in [-0.1, -0.05) is 30.3 Å². The van der Waals surface area contributed by atoms with Gasteiger partial charge in [-0.3, -0.25) is 0 Å². The van der Waals surface area contributed by atoms with Crippen molar-refractivity contribution in [3.63, 3.8) is 0 Å². The summed E-state index contributed by atoms with van der Waals surface area (Å²) in [6.45, 7) is 2.72. The van der Waals surface area contributed by atoms with E-state index < -0.39 is 0 Å². The molecule has 0 saturated heterocycles. The summed E-state index contributed by atoms with van der Waals surface area (Å²) in [4.78, 5) is 4.92. The number of aromatic nitrogens is 1. The average molecular weight is 281 g/mol. The minimum atomic E-state index is 0.694. The van der Waals surface area contributed by atoms with Crippen LogP contribution in [0.5, 0.6) is 5.75 Å². The van der Waals surface area contributed by atoms with E-state index in [1.807, 2.05) is 18.7 Å². The van der Waals surface area contributed by atoms with E-state index in [4.69, 9.17) is 4.74 Å². The van der Waals surface area contributed by atoms with E-state index >= 15 is 0 Å². The summed E-state index contributed by atoms with van der Waals surface area (Å²) in [5.41, 5.74) is 4.99. The summed E-state index contributed by atoms with van der Waals surface area (Å²) in [5, 5.41) is 1.31. The number of fused-ring (bicyclic) bond motifs is 5. The summed E-state index contributed by atoms with van der Waals surface area (Å²) >= 11 is 1.91. The van der Waals surface area contributed by atoms with Crippen LogP contribution in [-0.2, 0) is 5.75 Å². The highest BCUT2D eigenvalue weighted by molar-refractivity contribution is 7.99. The van der Waals surface area contributed by atoms with Crippen LogP contribution in [0.15, 0.2) is 47.4 Å². The molecule has 0 bridgehead atoms. The predicted molar refractivity (Wildman–Crippen MR) is 84.5 cm³/mol. The zero-order chi connectivity index (χ0) is 13.5. The highest BCUT2D eigenvalue weighted by Gasteiger charge is 2.24. The molecule has 0 amide bonds. The molecule has 1 aromatic heterocycles. The first kappa shape index (κ1) is 11.9. The molecule has 3 heteroatoms. The summed E-state index contributed by atoms with van der Waals surface area (Å²) < 4.78 is 5.83. The Morgan fingerprint density at radius 1 is 1.15 bits per heavy atom. The third kappa shape index (κ3) is 1.66. The van der Waals surface area contributed by atoms with Crippen molar-refractivity contribution < 1.29 is 4.74 Å². The van der Waals surface area contributed by atoms with Gasteiger partial charge in [0.25, 0.3) is 0 Å². The molecule has 0 saturated carbocycles. The molecule has 4 rings (SSSR count). The van der Waals surface area contributed by atoms with E-state index in [1.165, 1.54) is 32.6 Å². The smallest absolute Gasteiger partial charge is 0.128 e. The number of nitrogens with one attached hydrogen (secondary N) is 1. The van der Waals surface area contributed by atoms with E-state index in [0.717, 1.165) is 11.5 Å². The summed E-state index contributed by atoms with van der Waals surface area (Å²) in [6.07, 6.45) is 0. The molecule has 2 aromatic carbocycles. The fourth-order valence-corrected chi connectivity index (χ4v) is 4.02. The van der Waals surface area contributed by atoms with E-state index in [-0.39, 0.29) is 0 Å². The van der Waals surface area contributed by atoms with Crippen LogP contribution >= 0.6 is 11.8 Å². The van der Waals surface area contributed by atoms with E-state index in [2.05, 4.69) is 47.4 Å². The molecule has 0 aliphatic carbocycles. The monoisotopic (exact) mass is 281 g/mol. The van der Waals surface area contributed by atoms with Crippen LogP contribution in [0.25, 0.3) is 22.2 Å². The third-order valence-corrected chi connectivity index (χ3v) is 4.86. The van der Waals surface area contributed by atoms with Crippen LogP contribution in [0.4, 0.5) is 0 Å². The second kappa shape index (κ2) is 4.60. The zero-order valence-corrected chi connectivity index (χ0v) is 12.1. The Morgan fingerprint density at radius 2 is 2.05 bits per heavy atom. The molecular formula is C17H15NOS. The van der Waals surface area contributed by atoms with Gasteiger partial charge in [0.1, 0.15) is 5.75 Å². The van der Waals surface area contributed by atoms with Gasteiger partial charge in [0.05, 0.1) is 12.3 Å². The topological polar surface area (TPSA) is 25.0 Å². The third-order valence-electron chi connectivity index (χ3n) is 3.69. The molecule has 0 radical (unpaired) electrons.